The molecule has 102 valence electrons. The van der Waals surface area contributed by atoms with Gasteiger partial charge in [-0.15, -0.1) is 0 Å². The SMILES string of the molecule is CC(C)NCc1c(SC2COC2)nc2ccccn12. The van der Waals surface area contributed by atoms with E-state index >= 15 is 0 Å². The number of thioether (sulfide) groups is 1. The molecule has 0 spiro atoms. The Hall–Kier alpha value is -1.04. The number of hydrogen-bond donors (Lipinski definition) is 1. The lowest BCUT2D eigenvalue weighted by atomic mass is 10.3. The van der Waals surface area contributed by atoms with E-state index in [4.69, 9.17) is 9.72 Å². The molecule has 2 aromatic rings. The fourth-order valence-corrected chi connectivity index (χ4v) is 3.12. The van der Waals surface area contributed by atoms with E-state index in [1.807, 2.05) is 17.8 Å². The zero-order chi connectivity index (χ0) is 13.2. The largest absolute Gasteiger partial charge is 0.379 e. The Kier molecular flexibility index (Phi) is 3.77. The Labute approximate surface area is 117 Å². The van der Waals surface area contributed by atoms with Crippen LogP contribution in [0, 0.1) is 0 Å². The van der Waals surface area contributed by atoms with E-state index in [1.165, 1.54) is 5.69 Å². The molecule has 5 heteroatoms. The Balaban J connectivity index is 1.90. The number of nitrogens with one attached hydrogen (secondary N) is 1. The number of pyridine rings is 1. The third-order valence-electron chi connectivity index (χ3n) is 3.16. The van der Waals surface area contributed by atoms with Crippen molar-refractivity contribution in [3.05, 3.63) is 30.1 Å². The Morgan fingerprint density at radius 3 is 3.00 bits per heavy atom. The van der Waals surface area contributed by atoms with E-state index in [0.29, 0.717) is 11.3 Å². The van der Waals surface area contributed by atoms with Crippen molar-refractivity contribution < 1.29 is 4.74 Å². The van der Waals surface area contributed by atoms with E-state index in [9.17, 15) is 0 Å². The fraction of sp³-hybridized carbons (Fsp3) is 0.500. The van der Waals surface area contributed by atoms with Gasteiger partial charge in [0.1, 0.15) is 10.7 Å². The van der Waals surface area contributed by atoms with Crippen LogP contribution in [0.3, 0.4) is 0 Å². The third-order valence-corrected chi connectivity index (χ3v) is 4.31. The van der Waals surface area contributed by atoms with Gasteiger partial charge in [-0.1, -0.05) is 31.7 Å². The van der Waals surface area contributed by atoms with Crippen LogP contribution in [0.2, 0.25) is 0 Å². The summed E-state index contributed by atoms with van der Waals surface area (Å²) in [5, 5.41) is 5.17. The van der Waals surface area contributed by atoms with Crippen molar-refractivity contribution in [2.45, 2.75) is 36.7 Å². The molecule has 3 heterocycles. The van der Waals surface area contributed by atoms with Crippen molar-refractivity contribution in [3.63, 3.8) is 0 Å². The van der Waals surface area contributed by atoms with Crippen molar-refractivity contribution >= 4 is 17.4 Å². The van der Waals surface area contributed by atoms with E-state index in [0.717, 1.165) is 30.4 Å². The number of fused-ring (bicyclic) bond motifs is 1. The smallest absolute Gasteiger partial charge is 0.138 e. The lowest BCUT2D eigenvalue weighted by molar-refractivity contribution is 0.0454. The normalized spacial score (nSPS) is 16.2. The van der Waals surface area contributed by atoms with Crippen LogP contribution in [0.1, 0.15) is 19.5 Å². The molecule has 0 aliphatic carbocycles. The lowest BCUT2D eigenvalue weighted by Crippen LogP contribution is -2.30. The zero-order valence-corrected chi connectivity index (χ0v) is 12.1. The average molecular weight is 277 g/mol. The number of aromatic nitrogens is 2. The van der Waals surface area contributed by atoms with Gasteiger partial charge in [-0.05, 0) is 12.1 Å². The average Bonchev–Trinajstić information content (AvgIpc) is 2.69. The van der Waals surface area contributed by atoms with Crippen molar-refractivity contribution in [1.82, 2.24) is 14.7 Å². The van der Waals surface area contributed by atoms with Crippen LogP contribution in [0.4, 0.5) is 0 Å². The maximum atomic E-state index is 5.25. The molecule has 0 atom stereocenters. The van der Waals surface area contributed by atoms with Gasteiger partial charge in [-0.3, -0.25) is 0 Å². The zero-order valence-electron chi connectivity index (χ0n) is 11.3. The summed E-state index contributed by atoms with van der Waals surface area (Å²) in [5.74, 6) is 0. The first-order chi connectivity index (χ1) is 9.24. The molecule has 0 bridgehead atoms. The summed E-state index contributed by atoms with van der Waals surface area (Å²) < 4.78 is 7.43. The second kappa shape index (κ2) is 5.53. The second-order valence-corrected chi connectivity index (χ2v) is 6.39. The molecular weight excluding hydrogens is 258 g/mol. The first-order valence-electron chi connectivity index (χ1n) is 6.68. The van der Waals surface area contributed by atoms with E-state index in [-0.39, 0.29) is 0 Å². The summed E-state index contributed by atoms with van der Waals surface area (Å²) >= 11 is 1.84. The van der Waals surface area contributed by atoms with Gasteiger partial charge in [0.15, 0.2) is 0 Å². The third kappa shape index (κ3) is 2.78. The van der Waals surface area contributed by atoms with Crippen LogP contribution in [-0.2, 0) is 11.3 Å². The highest BCUT2D eigenvalue weighted by Crippen LogP contribution is 2.30. The molecule has 0 saturated carbocycles. The molecule has 1 fully saturated rings. The molecule has 0 aromatic carbocycles. The van der Waals surface area contributed by atoms with Crippen LogP contribution in [0.25, 0.3) is 5.65 Å². The molecule has 1 saturated heterocycles. The van der Waals surface area contributed by atoms with E-state index < -0.39 is 0 Å². The maximum Gasteiger partial charge on any atom is 0.138 e. The van der Waals surface area contributed by atoms with Crippen LogP contribution >= 0.6 is 11.8 Å². The summed E-state index contributed by atoms with van der Waals surface area (Å²) in [4.78, 5) is 4.74. The minimum atomic E-state index is 0.471. The summed E-state index contributed by atoms with van der Waals surface area (Å²) in [5.41, 5.74) is 2.27. The van der Waals surface area contributed by atoms with Crippen molar-refractivity contribution in [1.29, 1.82) is 0 Å². The topological polar surface area (TPSA) is 38.6 Å². The first kappa shape index (κ1) is 13.0. The monoisotopic (exact) mass is 277 g/mol. The number of nitrogens with zero attached hydrogens (tertiary/aromatic N) is 2. The highest BCUT2D eigenvalue weighted by Gasteiger charge is 2.23. The molecule has 2 aromatic heterocycles. The van der Waals surface area contributed by atoms with Crippen molar-refractivity contribution in [3.8, 4) is 0 Å². The lowest BCUT2D eigenvalue weighted by Gasteiger charge is -2.24. The Bertz CT molecular complexity index is 563. The molecule has 0 radical (unpaired) electrons. The van der Waals surface area contributed by atoms with Gasteiger partial charge in [-0.2, -0.15) is 0 Å². The number of ether oxygens (including phenoxy) is 1. The van der Waals surface area contributed by atoms with Gasteiger partial charge < -0.3 is 14.5 Å². The van der Waals surface area contributed by atoms with Gasteiger partial charge in [-0.25, -0.2) is 4.98 Å². The molecule has 4 nitrogen and oxygen atoms in total. The number of hydrogen-bond acceptors (Lipinski definition) is 4. The van der Waals surface area contributed by atoms with E-state index in [2.05, 4.69) is 41.9 Å². The van der Waals surface area contributed by atoms with Crippen LogP contribution < -0.4 is 5.32 Å². The minimum Gasteiger partial charge on any atom is -0.379 e. The highest BCUT2D eigenvalue weighted by molar-refractivity contribution is 8.00. The van der Waals surface area contributed by atoms with Gasteiger partial charge in [0.25, 0.3) is 0 Å². The molecule has 3 rings (SSSR count). The van der Waals surface area contributed by atoms with Crippen molar-refractivity contribution in [2.75, 3.05) is 13.2 Å². The van der Waals surface area contributed by atoms with Gasteiger partial charge >= 0.3 is 0 Å². The summed E-state index contributed by atoms with van der Waals surface area (Å²) in [6.45, 7) is 6.86. The molecule has 1 N–H and O–H groups in total. The molecule has 0 unspecified atom stereocenters. The second-order valence-electron chi connectivity index (χ2n) is 5.11. The maximum absolute atomic E-state index is 5.25. The fourth-order valence-electron chi connectivity index (χ4n) is 2.02. The molecule has 19 heavy (non-hydrogen) atoms. The number of rotatable bonds is 5. The molecule has 1 aliphatic rings. The van der Waals surface area contributed by atoms with Gasteiger partial charge in [0.2, 0.25) is 0 Å². The van der Waals surface area contributed by atoms with Crippen molar-refractivity contribution in [2.24, 2.45) is 0 Å². The van der Waals surface area contributed by atoms with Gasteiger partial charge in [0, 0.05) is 18.8 Å². The summed E-state index contributed by atoms with van der Waals surface area (Å²) in [6, 6.07) is 6.61. The van der Waals surface area contributed by atoms with Crippen LogP contribution in [0.15, 0.2) is 29.4 Å². The summed E-state index contributed by atoms with van der Waals surface area (Å²) in [6.07, 6.45) is 2.08. The molecule has 0 amide bonds. The number of imidazole rings is 1. The minimum absolute atomic E-state index is 0.471. The predicted octanol–water partition coefficient (Wildman–Crippen LogP) is 2.32. The summed E-state index contributed by atoms with van der Waals surface area (Å²) in [7, 11) is 0. The Morgan fingerprint density at radius 1 is 1.47 bits per heavy atom. The Morgan fingerprint density at radius 2 is 2.32 bits per heavy atom. The quantitative estimate of drug-likeness (QED) is 0.910. The molecule has 1 aliphatic heterocycles. The first-order valence-corrected chi connectivity index (χ1v) is 7.56. The van der Waals surface area contributed by atoms with Gasteiger partial charge in [0.05, 0.1) is 24.2 Å². The predicted molar refractivity (Wildman–Crippen MR) is 77.6 cm³/mol. The standard InChI is InChI=1S/C14H19N3OS/c1-10(2)15-7-12-14(19-11-8-18-9-11)16-13-5-3-4-6-17(12)13/h3-6,10-11,15H,7-9H2,1-2H3. The van der Waals surface area contributed by atoms with Crippen LogP contribution in [-0.4, -0.2) is 33.9 Å². The molecular formula is C14H19N3OS. The van der Waals surface area contributed by atoms with Crippen LogP contribution in [0.5, 0.6) is 0 Å². The van der Waals surface area contributed by atoms with E-state index in [1.54, 1.807) is 0 Å². The highest BCUT2D eigenvalue weighted by atomic mass is 32.2.